The Morgan fingerprint density at radius 1 is 1.35 bits per heavy atom. The lowest BCUT2D eigenvalue weighted by molar-refractivity contribution is 0.240. The Kier molecular flexibility index (Phi) is 3.43. The SMILES string of the molecule is CC(C)NC(=O)NNc1nsc2ccccc12. The predicted molar refractivity (Wildman–Crippen MR) is 70.0 cm³/mol. The van der Waals surface area contributed by atoms with Gasteiger partial charge in [0, 0.05) is 11.4 Å². The zero-order chi connectivity index (χ0) is 12.3. The molecular formula is C11H14N4OS. The fraction of sp³-hybridized carbons (Fsp3) is 0.273. The van der Waals surface area contributed by atoms with Crippen LogP contribution in [0.2, 0.25) is 0 Å². The van der Waals surface area contributed by atoms with E-state index in [0.717, 1.165) is 10.1 Å². The molecule has 0 fully saturated rings. The molecule has 1 aromatic heterocycles. The largest absolute Gasteiger partial charge is 0.335 e. The molecule has 0 bridgehead atoms. The minimum Gasteiger partial charge on any atom is -0.335 e. The number of aromatic nitrogens is 1. The van der Waals surface area contributed by atoms with Crippen molar-refractivity contribution in [3.8, 4) is 0 Å². The molecule has 0 aliphatic carbocycles. The number of hydrogen-bond acceptors (Lipinski definition) is 4. The number of urea groups is 1. The minimum atomic E-state index is -0.267. The average Bonchev–Trinajstić information content (AvgIpc) is 2.69. The minimum absolute atomic E-state index is 0.101. The maximum absolute atomic E-state index is 11.4. The van der Waals surface area contributed by atoms with Gasteiger partial charge in [0.25, 0.3) is 0 Å². The second-order valence-electron chi connectivity index (χ2n) is 3.91. The zero-order valence-corrected chi connectivity index (χ0v) is 10.5. The van der Waals surface area contributed by atoms with Gasteiger partial charge in [-0.1, -0.05) is 12.1 Å². The maximum atomic E-state index is 11.4. The third-order valence-electron chi connectivity index (χ3n) is 2.09. The summed E-state index contributed by atoms with van der Waals surface area (Å²) in [5.74, 6) is 0.671. The Morgan fingerprint density at radius 3 is 2.88 bits per heavy atom. The number of rotatable bonds is 3. The standard InChI is InChI=1S/C11H14N4OS/c1-7(2)12-11(16)14-13-10-8-5-3-4-6-9(8)17-15-10/h3-7H,1-2H3,(H,13,15)(H2,12,14,16). The average molecular weight is 250 g/mol. The number of benzene rings is 1. The first-order chi connectivity index (χ1) is 8.16. The zero-order valence-electron chi connectivity index (χ0n) is 9.65. The third kappa shape index (κ3) is 2.85. The molecule has 0 unspecified atom stereocenters. The lowest BCUT2D eigenvalue weighted by Crippen LogP contribution is -2.42. The number of hydrazine groups is 1. The number of fused-ring (bicyclic) bond motifs is 1. The van der Waals surface area contributed by atoms with Crippen LogP contribution in [0, 0.1) is 0 Å². The third-order valence-corrected chi connectivity index (χ3v) is 2.92. The van der Waals surface area contributed by atoms with Crippen LogP contribution < -0.4 is 16.2 Å². The van der Waals surface area contributed by atoms with E-state index in [1.807, 2.05) is 38.1 Å². The van der Waals surface area contributed by atoms with Gasteiger partial charge in [0.1, 0.15) is 0 Å². The van der Waals surface area contributed by atoms with E-state index < -0.39 is 0 Å². The van der Waals surface area contributed by atoms with E-state index in [4.69, 9.17) is 0 Å². The molecule has 0 aliphatic rings. The van der Waals surface area contributed by atoms with E-state index in [1.54, 1.807) is 0 Å². The number of carbonyl (C=O) groups excluding carboxylic acids is 1. The van der Waals surface area contributed by atoms with Gasteiger partial charge < -0.3 is 5.32 Å². The van der Waals surface area contributed by atoms with Crippen LogP contribution in [-0.2, 0) is 0 Å². The lowest BCUT2D eigenvalue weighted by atomic mass is 10.3. The highest BCUT2D eigenvalue weighted by atomic mass is 32.1. The molecule has 2 rings (SSSR count). The first kappa shape index (κ1) is 11.7. The highest BCUT2D eigenvalue weighted by molar-refractivity contribution is 7.13. The summed E-state index contributed by atoms with van der Waals surface area (Å²) in [7, 11) is 0. The molecule has 0 radical (unpaired) electrons. The summed E-state index contributed by atoms with van der Waals surface area (Å²) >= 11 is 1.40. The van der Waals surface area contributed by atoms with Crippen LogP contribution in [0.3, 0.4) is 0 Å². The molecule has 3 N–H and O–H groups in total. The van der Waals surface area contributed by atoms with Gasteiger partial charge in [-0.05, 0) is 37.5 Å². The predicted octanol–water partition coefficient (Wildman–Crippen LogP) is 2.33. The van der Waals surface area contributed by atoms with Crippen molar-refractivity contribution < 1.29 is 4.79 Å². The van der Waals surface area contributed by atoms with Crippen molar-refractivity contribution in [1.82, 2.24) is 15.1 Å². The molecular weight excluding hydrogens is 236 g/mol. The summed E-state index contributed by atoms with van der Waals surface area (Å²) < 4.78 is 5.32. The Bertz CT molecular complexity index is 523. The van der Waals surface area contributed by atoms with Crippen molar-refractivity contribution in [3.05, 3.63) is 24.3 Å². The molecule has 90 valence electrons. The van der Waals surface area contributed by atoms with Gasteiger partial charge in [0.15, 0.2) is 5.82 Å². The van der Waals surface area contributed by atoms with Gasteiger partial charge in [-0.3, -0.25) is 10.9 Å². The summed E-state index contributed by atoms with van der Waals surface area (Å²) in [5, 5.41) is 3.72. The van der Waals surface area contributed by atoms with Crippen LogP contribution in [0.4, 0.5) is 10.6 Å². The second-order valence-corrected chi connectivity index (χ2v) is 4.71. The van der Waals surface area contributed by atoms with Crippen molar-refractivity contribution in [3.63, 3.8) is 0 Å². The molecule has 1 aromatic carbocycles. The highest BCUT2D eigenvalue weighted by Gasteiger charge is 2.06. The van der Waals surface area contributed by atoms with Crippen LogP contribution in [0.1, 0.15) is 13.8 Å². The van der Waals surface area contributed by atoms with Gasteiger partial charge in [-0.15, -0.1) is 0 Å². The number of anilines is 1. The molecule has 0 saturated carbocycles. The van der Waals surface area contributed by atoms with Gasteiger partial charge in [0.2, 0.25) is 0 Å². The summed E-state index contributed by atoms with van der Waals surface area (Å²) in [6.45, 7) is 3.80. The maximum Gasteiger partial charge on any atom is 0.333 e. The highest BCUT2D eigenvalue weighted by Crippen LogP contribution is 2.25. The van der Waals surface area contributed by atoms with Crippen molar-refractivity contribution >= 4 is 33.5 Å². The number of carbonyl (C=O) groups is 1. The van der Waals surface area contributed by atoms with Gasteiger partial charge in [-0.25, -0.2) is 4.79 Å². The van der Waals surface area contributed by atoms with Gasteiger partial charge in [-0.2, -0.15) is 4.37 Å². The summed E-state index contributed by atoms with van der Waals surface area (Å²) in [6.07, 6.45) is 0. The summed E-state index contributed by atoms with van der Waals surface area (Å²) in [4.78, 5) is 11.4. The molecule has 0 atom stereocenters. The molecule has 2 amide bonds. The number of amides is 2. The molecule has 17 heavy (non-hydrogen) atoms. The fourth-order valence-corrected chi connectivity index (χ4v) is 2.13. The normalized spacial score (nSPS) is 10.5. The summed E-state index contributed by atoms with van der Waals surface area (Å²) in [6, 6.07) is 7.69. The van der Waals surface area contributed by atoms with E-state index in [1.165, 1.54) is 11.5 Å². The Balaban J connectivity index is 2.02. The van der Waals surface area contributed by atoms with Crippen LogP contribution >= 0.6 is 11.5 Å². The van der Waals surface area contributed by atoms with E-state index in [2.05, 4.69) is 20.5 Å². The van der Waals surface area contributed by atoms with E-state index >= 15 is 0 Å². The number of nitrogens with one attached hydrogen (secondary N) is 3. The second kappa shape index (κ2) is 5.01. The van der Waals surface area contributed by atoms with Gasteiger partial charge in [0.05, 0.1) is 4.70 Å². The molecule has 0 spiro atoms. The number of hydrogen-bond donors (Lipinski definition) is 3. The first-order valence-electron chi connectivity index (χ1n) is 5.34. The molecule has 2 aromatic rings. The Morgan fingerprint density at radius 2 is 2.12 bits per heavy atom. The first-order valence-corrected chi connectivity index (χ1v) is 6.11. The van der Waals surface area contributed by atoms with Crippen molar-refractivity contribution in [1.29, 1.82) is 0 Å². The van der Waals surface area contributed by atoms with Crippen molar-refractivity contribution in [2.45, 2.75) is 19.9 Å². The molecule has 6 heteroatoms. The molecule has 0 aliphatic heterocycles. The fourth-order valence-electron chi connectivity index (χ4n) is 1.39. The smallest absolute Gasteiger partial charge is 0.333 e. The molecule has 5 nitrogen and oxygen atoms in total. The Labute approximate surface area is 103 Å². The topological polar surface area (TPSA) is 66.1 Å². The number of nitrogens with zero attached hydrogens (tertiary/aromatic N) is 1. The lowest BCUT2D eigenvalue weighted by Gasteiger charge is -2.10. The molecule has 0 saturated heterocycles. The van der Waals surface area contributed by atoms with Crippen LogP contribution in [0.15, 0.2) is 24.3 Å². The monoisotopic (exact) mass is 250 g/mol. The Hall–Kier alpha value is -1.82. The van der Waals surface area contributed by atoms with E-state index in [0.29, 0.717) is 5.82 Å². The molecule has 1 heterocycles. The van der Waals surface area contributed by atoms with E-state index in [-0.39, 0.29) is 12.1 Å². The van der Waals surface area contributed by atoms with Crippen LogP contribution in [0.5, 0.6) is 0 Å². The summed E-state index contributed by atoms with van der Waals surface area (Å²) in [5.41, 5.74) is 5.36. The van der Waals surface area contributed by atoms with Crippen LogP contribution in [0.25, 0.3) is 10.1 Å². The quantitative estimate of drug-likeness (QED) is 0.732. The van der Waals surface area contributed by atoms with Crippen molar-refractivity contribution in [2.24, 2.45) is 0 Å². The van der Waals surface area contributed by atoms with Gasteiger partial charge >= 0.3 is 6.03 Å². The van der Waals surface area contributed by atoms with Crippen molar-refractivity contribution in [2.75, 3.05) is 5.43 Å². The van der Waals surface area contributed by atoms with E-state index in [9.17, 15) is 4.79 Å². The van der Waals surface area contributed by atoms with Crippen LogP contribution in [-0.4, -0.2) is 16.4 Å².